The average molecular weight is 1190 g/mol. The number of hydrogen-bond donors (Lipinski definition) is 1. The monoisotopic (exact) mass is 1190 g/mol. The Hall–Kier alpha value is -4.05. The van der Waals surface area contributed by atoms with E-state index in [1.54, 1.807) is 0 Å². The van der Waals surface area contributed by atoms with Crippen LogP contribution < -0.4 is 0 Å². The van der Waals surface area contributed by atoms with Gasteiger partial charge in [0.1, 0.15) is 13.2 Å². The molecule has 0 aromatic heterocycles. The number of carbonyl (C=O) groups excluding carboxylic acids is 2. The summed E-state index contributed by atoms with van der Waals surface area (Å²) in [6.45, 7) is 4.79. The fourth-order valence-electron chi connectivity index (χ4n) is 9.71. The van der Waals surface area contributed by atoms with Crippen LogP contribution in [0.4, 0.5) is 0 Å². The summed E-state index contributed by atoms with van der Waals surface area (Å²) in [5, 5.41) is 9.74. The van der Waals surface area contributed by atoms with Crippen LogP contribution in [0.1, 0.15) is 296 Å². The molecule has 0 saturated carbocycles. The first-order chi connectivity index (χ1) is 41.6. The number of esters is 2. The third-order valence-electron chi connectivity index (χ3n) is 15.0. The number of ether oxygens (including phenoxy) is 4. The highest BCUT2D eigenvalue weighted by molar-refractivity contribution is 5.71. The highest BCUT2D eigenvalue weighted by atomic mass is 16.7. The molecule has 2 atom stereocenters. The van der Waals surface area contributed by atoms with Gasteiger partial charge >= 0.3 is 17.9 Å². The highest BCUT2D eigenvalue weighted by Gasteiger charge is 2.25. The van der Waals surface area contributed by atoms with Gasteiger partial charge in [0.2, 0.25) is 0 Å². The van der Waals surface area contributed by atoms with E-state index in [1.807, 2.05) is 21.1 Å². The van der Waals surface area contributed by atoms with Gasteiger partial charge in [-0.3, -0.25) is 9.59 Å². The largest absolute Gasteiger partial charge is 0.477 e. The van der Waals surface area contributed by atoms with Crippen molar-refractivity contribution in [2.24, 2.45) is 0 Å². The molecule has 0 fully saturated rings. The van der Waals surface area contributed by atoms with Crippen molar-refractivity contribution in [1.82, 2.24) is 0 Å². The summed E-state index contributed by atoms with van der Waals surface area (Å²) in [4.78, 5) is 37.6. The molecule has 1 N–H and O–H groups in total. The lowest BCUT2D eigenvalue weighted by Gasteiger charge is -2.25. The third kappa shape index (κ3) is 67.3. The van der Waals surface area contributed by atoms with Crippen LogP contribution in [0, 0.1) is 0 Å². The Balaban J connectivity index is 4.12. The molecule has 0 aromatic rings. The Kier molecular flexibility index (Phi) is 62.8. The van der Waals surface area contributed by atoms with Gasteiger partial charge < -0.3 is 28.5 Å². The van der Waals surface area contributed by atoms with Crippen molar-refractivity contribution < 1.29 is 42.9 Å². The van der Waals surface area contributed by atoms with Crippen LogP contribution in [0.5, 0.6) is 0 Å². The van der Waals surface area contributed by atoms with Crippen LogP contribution in [-0.2, 0) is 33.3 Å². The van der Waals surface area contributed by atoms with Crippen LogP contribution in [0.25, 0.3) is 0 Å². The number of nitrogens with zero attached hydrogens (tertiary/aromatic N) is 1. The van der Waals surface area contributed by atoms with Gasteiger partial charge in [0, 0.05) is 12.8 Å². The first-order valence-corrected chi connectivity index (χ1v) is 35.1. The molecule has 9 heteroatoms. The van der Waals surface area contributed by atoms with Gasteiger partial charge in [0.05, 0.1) is 34.4 Å². The number of carboxylic acids is 1. The van der Waals surface area contributed by atoms with E-state index < -0.39 is 24.3 Å². The molecule has 9 nitrogen and oxygen atoms in total. The quantitative estimate of drug-likeness (QED) is 0.0211. The summed E-state index contributed by atoms with van der Waals surface area (Å²) in [7, 11) is 5.98. The fraction of sp³-hybridized carbons (Fsp3) is 0.724. The van der Waals surface area contributed by atoms with E-state index >= 15 is 0 Å². The minimum absolute atomic E-state index is 0.184. The van der Waals surface area contributed by atoms with Gasteiger partial charge in [0.15, 0.2) is 6.10 Å². The van der Waals surface area contributed by atoms with E-state index in [0.29, 0.717) is 23.9 Å². The van der Waals surface area contributed by atoms with Crippen molar-refractivity contribution in [1.29, 1.82) is 0 Å². The van der Waals surface area contributed by atoms with Crippen LogP contribution in [-0.4, -0.2) is 87.4 Å². The molecule has 2 unspecified atom stereocenters. The summed E-state index contributed by atoms with van der Waals surface area (Å²) in [6, 6.07) is 0. The minimum atomic E-state index is -1.51. The second-order valence-electron chi connectivity index (χ2n) is 24.5. The Morgan fingerprint density at radius 2 is 0.671 bits per heavy atom. The van der Waals surface area contributed by atoms with Crippen molar-refractivity contribution in [3.8, 4) is 0 Å². The van der Waals surface area contributed by atoms with Gasteiger partial charge in [-0.2, -0.15) is 0 Å². The molecule has 85 heavy (non-hydrogen) atoms. The molecule has 0 aliphatic rings. The molecule has 0 radical (unpaired) electrons. The Labute approximate surface area is 524 Å². The fourth-order valence-corrected chi connectivity index (χ4v) is 9.71. The van der Waals surface area contributed by atoms with Crippen molar-refractivity contribution in [3.63, 3.8) is 0 Å². The van der Waals surface area contributed by atoms with Gasteiger partial charge in [-0.15, -0.1) is 0 Å². The van der Waals surface area contributed by atoms with Crippen LogP contribution in [0.15, 0.2) is 109 Å². The SMILES string of the molecule is CC/C=C\C/C=C\C/C=C\C/C=C\C/C=C\C/C=C\C/C=C\C/C=C\C/C=C\CCCCCCCCCCCCCC(=O)OC(COC(=O)CCCCCCCCCCCCCCCCCCCCCCC)COC(OCC[N+](C)(C)C)C(=O)O. The zero-order valence-electron chi connectivity index (χ0n) is 55.7. The maximum Gasteiger partial charge on any atom is 0.361 e. The van der Waals surface area contributed by atoms with Gasteiger partial charge in [-0.05, 0) is 83.5 Å². The maximum absolute atomic E-state index is 12.9. The molecule has 0 bridgehead atoms. The number of likely N-dealkylation sites (N-methyl/N-ethyl adjacent to an activating group) is 1. The van der Waals surface area contributed by atoms with E-state index in [0.717, 1.165) is 103 Å². The normalized spacial score (nSPS) is 13.4. The number of carbonyl (C=O) groups is 3. The standard InChI is InChI=1S/C76H131NO8/c1-6-8-10-12-14-16-18-20-22-24-26-28-29-30-31-32-33-34-35-36-37-38-39-40-41-42-43-44-45-47-49-51-53-55-57-59-61-63-65-67-74(79)85-72(71-84-76(75(80)81)82-69-68-77(3,4)5)70-83-73(78)66-64-62-60-58-56-54-52-50-48-46-27-25-23-21-19-17-15-13-11-9-7-2/h8,10,14,16,20,22,26,28,30-31,33-34,36-37,39-40,42-43,72,76H,6-7,9,11-13,15,17-19,21,23-25,27,29,32,35,38,41,44-71H2,1-5H3/p+1/b10-8-,16-14-,22-20-,28-26-,31-30-,34-33-,37-36-,40-39-,43-42-. The number of hydrogen-bond acceptors (Lipinski definition) is 7. The number of allylic oxidation sites excluding steroid dienone is 18. The van der Waals surface area contributed by atoms with Crippen LogP contribution >= 0.6 is 0 Å². The van der Waals surface area contributed by atoms with Crippen molar-refractivity contribution >= 4 is 17.9 Å². The summed E-state index contributed by atoms with van der Waals surface area (Å²) in [5.74, 6) is -2.00. The molecule has 0 aromatic carbocycles. The number of unbranched alkanes of at least 4 members (excludes halogenated alkanes) is 31. The zero-order valence-corrected chi connectivity index (χ0v) is 55.7. The third-order valence-corrected chi connectivity index (χ3v) is 15.0. The summed E-state index contributed by atoms with van der Waals surface area (Å²) in [6.07, 6.45) is 89.1. The summed E-state index contributed by atoms with van der Waals surface area (Å²) >= 11 is 0. The topological polar surface area (TPSA) is 108 Å². The minimum Gasteiger partial charge on any atom is -0.477 e. The first kappa shape index (κ1) is 81.0. The van der Waals surface area contributed by atoms with Crippen molar-refractivity contribution in [2.75, 3.05) is 47.5 Å². The number of quaternary nitrogens is 1. The smallest absolute Gasteiger partial charge is 0.361 e. The van der Waals surface area contributed by atoms with E-state index in [9.17, 15) is 19.5 Å². The molecule has 0 heterocycles. The highest BCUT2D eigenvalue weighted by Crippen LogP contribution is 2.17. The maximum atomic E-state index is 12.9. The Morgan fingerprint density at radius 3 is 1.00 bits per heavy atom. The Bertz CT molecular complexity index is 1760. The van der Waals surface area contributed by atoms with Gasteiger partial charge in [0.25, 0.3) is 6.29 Å². The summed E-state index contributed by atoms with van der Waals surface area (Å²) in [5.41, 5.74) is 0. The molecule has 0 spiro atoms. The molecule has 0 aliphatic carbocycles. The Morgan fingerprint density at radius 1 is 0.365 bits per heavy atom. The molecule has 0 saturated heterocycles. The molecular formula is C76H132NO8+. The lowest BCUT2D eigenvalue weighted by atomic mass is 10.0. The van der Waals surface area contributed by atoms with E-state index in [4.69, 9.17) is 18.9 Å². The average Bonchev–Trinajstić information content (AvgIpc) is 3.49. The number of rotatable bonds is 64. The van der Waals surface area contributed by atoms with Gasteiger partial charge in [-0.25, -0.2) is 4.79 Å². The predicted octanol–water partition coefficient (Wildman–Crippen LogP) is 21.8. The lowest BCUT2D eigenvalue weighted by Crippen LogP contribution is -2.40. The van der Waals surface area contributed by atoms with E-state index in [2.05, 4.69) is 123 Å². The number of carboxylic acid groups (broad SMARTS) is 1. The van der Waals surface area contributed by atoms with E-state index in [1.165, 1.54) is 161 Å². The zero-order chi connectivity index (χ0) is 61.9. The van der Waals surface area contributed by atoms with Crippen molar-refractivity contribution in [3.05, 3.63) is 109 Å². The van der Waals surface area contributed by atoms with Crippen LogP contribution in [0.3, 0.4) is 0 Å². The van der Waals surface area contributed by atoms with Gasteiger partial charge in [-0.1, -0.05) is 309 Å². The lowest BCUT2D eigenvalue weighted by molar-refractivity contribution is -0.870. The van der Waals surface area contributed by atoms with Crippen LogP contribution in [0.2, 0.25) is 0 Å². The molecule has 0 rings (SSSR count). The molecular weight excluding hydrogens is 1050 g/mol. The van der Waals surface area contributed by atoms with E-state index in [-0.39, 0.29) is 32.2 Å². The predicted molar refractivity (Wildman–Crippen MR) is 364 cm³/mol. The molecule has 488 valence electrons. The second kappa shape index (κ2) is 65.9. The number of aliphatic carboxylic acids is 1. The first-order valence-electron chi connectivity index (χ1n) is 35.1. The summed E-state index contributed by atoms with van der Waals surface area (Å²) < 4.78 is 23.0. The van der Waals surface area contributed by atoms with Crippen molar-refractivity contribution in [2.45, 2.75) is 309 Å². The second-order valence-corrected chi connectivity index (χ2v) is 24.5. The molecule has 0 amide bonds. The molecule has 0 aliphatic heterocycles.